The van der Waals surface area contributed by atoms with Gasteiger partial charge in [-0.05, 0) is 43.5 Å². The van der Waals surface area contributed by atoms with Gasteiger partial charge in [-0.3, -0.25) is 0 Å². The molecule has 4 heteroatoms. The Balaban J connectivity index is 2.06. The zero-order valence-corrected chi connectivity index (χ0v) is 12.4. The Hall–Kier alpha value is -1.26. The normalized spacial score (nSPS) is 16.4. The Kier molecular flexibility index (Phi) is 3.15. The molecule has 0 unspecified atom stereocenters. The van der Waals surface area contributed by atoms with Crippen LogP contribution < -0.4 is 5.73 Å². The fourth-order valence-corrected chi connectivity index (χ4v) is 2.67. The standard InChI is InChI=1S/C15H16BrN3/c1-10-2-3-11(16)8-12(10)13-4-7-18-14(19-13)15(9-17)5-6-15/h2-4,7-8H,5-6,9,17H2,1H3. The van der Waals surface area contributed by atoms with Gasteiger partial charge in [-0.25, -0.2) is 9.97 Å². The van der Waals surface area contributed by atoms with Crippen molar-refractivity contribution in [1.29, 1.82) is 0 Å². The molecule has 0 aliphatic heterocycles. The summed E-state index contributed by atoms with van der Waals surface area (Å²) in [4.78, 5) is 9.16. The molecule has 2 N–H and O–H groups in total. The van der Waals surface area contributed by atoms with Crippen LogP contribution in [0.4, 0.5) is 0 Å². The van der Waals surface area contributed by atoms with E-state index in [9.17, 15) is 0 Å². The molecule has 1 aromatic heterocycles. The van der Waals surface area contributed by atoms with Crippen LogP contribution >= 0.6 is 15.9 Å². The first kappa shape index (κ1) is 12.8. The minimum absolute atomic E-state index is 0.0376. The van der Waals surface area contributed by atoms with Crippen molar-refractivity contribution in [1.82, 2.24) is 9.97 Å². The number of nitrogens with zero attached hydrogens (tertiary/aromatic N) is 2. The molecule has 0 amide bonds. The second kappa shape index (κ2) is 4.69. The lowest BCUT2D eigenvalue weighted by molar-refractivity contribution is 0.649. The van der Waals surface area contributed by atoms with Crippen LogP contribution in [0.15, 0.2) is 34.9 Å². The Labute approximate surface area is 121 Å². The molecule has 0 spiro atoms. The van der Waals surface area contributed by atoms with Crippen molar-refractivity contribution >= 4 is 15.9 Å². The lowest BCUT2D eigenvalue weighted by atomic mass is 10.0. The number of aromatic nitrogens is 2. The van der Waals surface area contributed by atoms with Crippen molar-refractivity contribution in [3.05, 3.63) is 46.3 Å². The molecule has 2 aromatic rings. The van der Waals surface area contributed by atoms with Gasteiger partial charge in [-0.1, -0.05) is 22.0 Å². The van der Waals surface area contributed by atoms with Crippen molar-refractivity contribution < 1.29 is 0 Å². The first-order chi connectivity index (χ1) is 9.14. The predicted octanol–water partition coefficient (Wildman–Crippen LogP) is 3.20. The smallest absolute Gasteiger partial charge is 0.136 e. The molecule has 0 saturated heterocycles. The number of hydrogen-bond donors (Lipinski definition) is 1. The summed E-state index contributed by atoms with van der Waals surface area (Å²) in [5, 5.41) is 0. The SMILES string of the molecule is Cc1ccc(Br)cc1-c1ccnc(C2(CN)CC2)n1. The van der Waals surface area contributed by atoms with Gasteiger partial charge in [0, 0.05) is 28.2 Å². The van der Waals surface area contributed by atoms with E-state index in [-0.39, 0.29) is 5.41 Å². The Bertz CT molecular complexity index is 621. The molecule has 3 rings (SSSR count). The summed E-state index contributed by atoms with van der Waals surface area (Å²) in [6.07, 6.45) is 4.04. The van der Waals surface area contributed by atoms with Crippen LogP contribution in [0.5, 0.6) is 0 Å². The molecule has 3 nitrogen and oxygen atoms in total. The number of halogens is 1. The maximum Gasteiger partial charge on any atom is 0.136 e. The third-order valence-electron chi connectivity index (χ3n) is 3.85. The van der Waals surface area contributed by atoms with E-state index >= 15 is 0 Å². The van der Waals surface area contributed by atoms with Crippen LogP contribution in [0.3, 0.4) is 0 Å². The lowest BCUT2D eigenvalue weighted by Gasteiger charge is -2.12. The highest BCUT2D eigenvalue weighted by atomic mass is 79.9. The highest BCUT2D eigenvalue weighted by Gasteiger charge is 2.45. The highest BCUT2D eigenvalue weighted by Crippen LogP contribution is 2.45. The van der Waals surface area contributed by atoms with Crippen molar-refractivity contribution in [2.45, 2.75) is 25.2 Å². The quantitative estimate of drug-likeness (QED) is 0.945. The molecule has 98 valence electrons. The summed E-state index contributed by atoms with van der Waals surface area (Å²) in [5.41, 5.74) is 9.23. The van der Waals surface area contributed by atoms with Gasteiger partial charge in [0.05, 0.1) is 5.69 Å². The second-order valence-corrected chi connectivity index (χ2v) is 6.12. The van der Waals surface area contributed by atoms with Gasteiger partial charge >= 0.3 is 0 Å². The van der Waals surface area contributed by atoms with Gasteiger partial charge in [-0.15, -0.1) is 0 Å². The van der Waals surface area contributed by atoms with Gasteiger partial charge in [0.1, 0.15) is 5.82 Å². The summed E-state index contributed by atoms with van der Waals surface area (Å²) in [7, 11) is 0. The minimum Gasteiger partial charge on any atom is -0.329 e. The molecule has 1 saturated carbocycles. The van der Waals surface area contributed by atoms with Gasteiger partial charge < -0.3 is 5.73 Å². The first-order valence-corrected chi connectivity index (χ1v) is 7.24. The number of benzene rings is 1. The monoisotopic (exact) mass is 317 g/mol. The predicted molar refractivity (Wildman–Crippen MR) is 79.9 cm³/mol. The molecule has 1 heterocycles. The third-order valence-corrected chi connectivity index (χ3v) is 4.34. The number of nitrogens with two attached hydrogens (primary N) is 1. The molecule has 1 aliphatic carbocycles. The van der Waals surface area contributed by atoms with E-state index in [0.29, 0.717) is 6.54 Å². The van der Waals surface area contributed by atoms with Crippen LogP contribution in [0.25, 0.3) is 11.3 Å². The summed E-state index contributed by atoms with van der Waals surface area (Å²) in [6.45, 7) is 2.73. The molecule has 0 atom stereocenters. The van der Waals surface area contributed by atoms with E-state index in [1.54, 1.807) is 0 Å². The minimum atomic E-state index is 0.0376. The van der Waals surface area contributed by atoms with Crippen LogP contribution in [-0.2, 0) is 5.41 Å². The molecule has 1 fully saturated rings. The molecule has 1 aromatic carbocycles. The Morgan fingerprint density at radius 1 is 1.32 bits per heavy atom. The van der Waals surface area contributed by atoms with Gasteiger partial charge in [0.15, 0.2) is 0 Å². The van der Waals surface area contributed by atoms with Crippen molar-refractivity contribution in [2.24, 2.45) is 5.73 Å². The van der Waals surface area contributed by atoms with E-state index in [1.165, 1.54) is 5.56 Å². The van der Waals surface area contributed by atoms with E-state index in [1.807, 2.05) is 18.3 Å². The summed E-state index contributed by atoms with van der Waals surface area (Å²) >= 11 is 3.51. The molecule has 1 aliphatic rings. The van der Waals surface area contributed by atoms with Crippen LogP contribution in [-0.4, -0.2) is 16.5 Å². The lowest BCUT2D eigenvalue weighted by Crippen LogP contribution is -2.22. The van der Waals surface area contributed by atoms with Crippen molar-refractivity contribution in [2.75, 3.05) is 6.54 Å². The van der Waals surface area contributed by atoms with Crippen LogP contribution in [0, 0.1) is 6.92 Å². The Morgan fingerprint density at radius 3 is 2.79 bits per heavy atom. The Morgan fingerprint density at radius 2 is 2.11 bits per heavy atom. The summed E-state index contributed by atoms with van der Waals surface area (Å²) < 4.78 is 1.06. The molecular formula is C15H16BrN3. The molecule has 0 bridgehead atoms. The summed E-state index contributed by atoms with van der Waals surface area (Å²) in [5.74, 6) is 0.895. The fraction of sp³-hybridized carbons (Fsp3) is 0.333. The topological polar surface area (TPSA) is 51.8 Å². The number of hydrogen-bond acceptors (Lipinski definition) is 3. The van der Waals surface area contributed by atoms with E-state index in [4.69, 9.17) is 10.7 Å². The maximum absolute atomic E-state index is 5.86. The van der Waals surface area contributed by atoms with Gasteiger partial charge in [-0.2, -0.15) is 0 Å². The largest absolute Gasteiger partial charge is 0.329 e. The maximum atomic E-state index is 5.86. The van der Waals surface area contributed by atoms with Crippen molar-refractivity contribution in [3.8, 4) is 11.3 Å². The second-order valence-electron chi connectivity index (χ2n) is 5.21. The molecular weight excluding hydrogens is 302 g/mol. The van der Waals surface area contributed by atoms with E-state index < -0.39 is 0 Å². The molecule has 0 radical (unpaired) electrons. The number of aryl methyl sites for hydroxylation is 1. The van der Waals surface area contributed by atoms with Crippen molar-refractivity contribution in [3.63, 3.8) is 0 Å². The van der Waals surface area contributed by atoms with E-state index in [2.05, 4.69) is 40.0 Å². The van der Waals surface area contributed by atoms with Crippen LogP contribution in [0.2, 0.25) is 0 Å². The third kappa shape index (κ3) is 2.30. The zero-order valence-electron chi connectivity index (χ0n) is 10.9. The highest BCUT2D eigenvalue weighted by molar-refractivity contribution is 9.10. The van der Waals surface area contributed by atoms with Gasteiger partial charge in [0.2, 0.25) is 0 Å². The average Bonchev–Trinajstić information content (AvgIpc) is 3.23. The molecule has 19 heavy (non-hydrogen) atoms. The van der Waals surface area contributed by atoms with Gasteiger partial charge in [0.25, 0.3) is 0 Å². The van der Waals surface area contributed by atoms with E-state index in [0.717, 1.165) is 34.4 Å². The number of rotatable bonds is 3. The fourth-order valence-electron chi connectivity index (χ4n) is 2.30. The zero-order chi connectivity index (χ0) is 13.5. The average molecular weight is 318 g/mol. The first-order valence-electron chi connectivity index (χ1n) is 6.45. The van der Waals surface area contributed by atoms with Crippen LogP contribution in [0.1, 0.15) is 24.2 Å². The summed E-state index contributed by atoms with van der Waals surface area (Å²) in [6, 6.07) is 8.20.